The minimum atomic E-state index is -0.601. The summed E-state index contributed by atoms with van der Waals surface area (Å²) in [4.78, 5) is 35.7. The first-order valence-corrected chi connectivity index (χ1v) is 10.3. The first-order chi connectivity index (χ1) is 14.1. The number of aromatic amines is 1. The summed E-state index contributed by atoms with van der Waals surface area (Å²) in [5.41, 5.74) is 2.11. The van der Waals surface area contributed by atoms with Crippen LogP contribution in [-0.4, -0.2) is 28.8 Å². The molecule has 3 aliphatic rings. The Hall–Kier alpha value is -2.96. The molecule has 7 heteroatoms. The maximum Gasteiger partial charge on any atom is 0.258 e. The van der Waals surface area contributed by atoms with Gasteiger partial charge < -0.3 is 10.2 Å². The number of anilines is 2. The van der Waals surface area contributed by atoms with Crippen LogP contribution >= 0.6 is 0 Å². The Morgan fingerprint density at radius 1 is 1.07 bits per heavy atom. The van der Waals surface area contributed by atoms with Gasteiger partial charge in [-0.3, -0.25) is 14.6 Å². The highest BCUT2D eigenvalue weighted by Crippen LogP contribution is 2.43. The van der Waals surface area contributed by atoms with Crippen molar-refractivity contribution in [3.8, 4) is 0 Å². The van der Waals surface area contributed by atoms with Gasteiger partial charge in [-0.25, -0.2) is 4.39 Å². The number of carbonyl (C=O) groups is 1. The number of nitrogens with one attached hydrogen (secondary N) is 2. The fourth-order valence-corrected chi connectivity index (χ4v) is 4.72. The van der Waals surface area contributed by atoms with E-state index in [0.29, 0.717) is 34.9 Å². The van der Waals surface area contributed by atoms with Gasteiger partial charge in [0.05, 0.1) is 5.56 Å². The van der Waals surface area contributed by atoms with Crippen LogP contribution in [-0.2, 0) is 4.79 Å². The van der Waals surface area contributed by atoms with Gasteiger partial charge in [0, 0.05) is 36.7 Å². The highest BCUT2D eigenvalue weighted by molar-refractivity contribution is 6.00. The zero-order valence-electron chi connectivity index (χ0n) is 16.1. The minimum absolute atomic E-state index is 0.0122. The zero-order valence-corrected chi connectivity index (χ0v) is 16.1. The van der Waals surface area contributed by atoms with E-state index in [9.17, 15) is 14.0 Å². The number of benzene rings is 1. The third-order valence-corrected chi connectivity index (χ3v) is 6.08. The van der Waals surface area contributed by atoms with E-state index >= 15 is 0 Å². The van der Waals surface area contributed by atoms with Crippen LogP contribution in [0, 0.1) is 5.82 Å². The second-order valence-corrected chi connectivity index (χ2v) is 7.98. The number of piperidine rings is 1. The van der Waals surface area contributed by atoms with E-state index in [-0.39, 0.29) is 17.2 Å². The lowest BCUT2D eigenvalue weighted by Crippen LogP contribution is -2.36. The molecule has 1 aliphatic carbocycles. The van der Waals surface area contributed by atoms with Gasteiger partial charge in [-0.15, -0.1) is 0 Å². The third kappa shape index (κ3) is 3.14. The number of halogens is 1. The van der Waals surface area contributed by atoms with Gasteiger partial charge in [-0.1, -0.05) is 12.1 Å². The zero-order chi connectivity index (χ0) is 20.0. The molecule has 2 aromatic rings. The molecule has 1 atom stereocenters. The Labute approximate surface area is 167 Å². The number of ketones is 1. The van der Waals surface area contributed by atoms with Crippen molar-refractivity contribution in [2.75, 3.05) is 23.3 Å². The van der Waals surface area contributed by atoms with Crippen LogP contribution < -0.4 is 15.8 Å². The van der Waals surface area contributed by atoms with E-state index in [1.165, 1.54) is 18.6 Å². The summed E-state index contributed by atoms with van der Waals surface area (Å²) >= 11 is 0. The first-order valence-electron chi connectivity index (χ1n) is 10.3. The average Bonchev–Trinajstić information content (AvgIpc) is 2.73. The molecular weight excluding hydrogens is 371 g/mol. The summed E-state index contributed by atoms with van der Waals surface area (Å²) in [7, 11) is 0. The molecule has 29 heavy (non-hydrogen) atoms. The number of rotatable bonds is 2. The van der Waals surface area contributed by atoms with Crippen LogP contribution in [0.1, 0.15) is 55.6 Å². The molecule has 3 heterocycles. The van der Waals surface area contributed by atoms with Crippen molar-refractivity contribution in [2.45, 2.75) is 44.4 Å². The topological polar surface area (TPSA) is 78.1 Å². The second kappa shape index (κ2) is 7.13. The van der Waals surface area contributed by atoms with Crippen molar-refractivity contribution in [1.82, 2.24) is 9.97 Å². The summed E-state index contributed by atoms with van der Waals surface area (Å²) in [5.74, 6) is 0.0686. The van der Waals surface area contributed by atoms with Gasteiger partial charge in [0.15, 0.2) is 5.78 Å². The number of aromatic nitrogens is 2. The van der Waals surface area contributed by atoms with Crippen LogP contribution in [0.25, 0.3) is 0 Å². The Balaban J connectivity index is 1.68. The molecule has 0 radical (unpaired) electrons. The Bertz CT molecular complexity index is 1070. The second-order valence-electron chi connectivity index (χ2n) is 7.98. The molecule has 1 unspecified atom stereocenters. The maximum atomic E-state index is 14.0. The van der Waals surface area contributed by atoms with E-state index < -0.39 is 5.92 Å². The normalized spacial score (nSPS) is 21.5. The fraction of sp³-hybridized carbons (Fsp3) is 0.409. The number of nitrogens with zero attached hydrogens (tertiary/aromatic N) is 2. The molecular formula is C22H23FN4O2. The Morgan fingerprint density at radius 2 is 1.90 bits per heavy atom. The standard InChI is InChI=1S/C22H23FN4O2/c23-14-7-4-6-13(12-14)17-18-15(8-5-9-16(18)28)24-20-19(17)21(29)26-22(25-20)27-10-2-1-3-11-27/h4,6-7,12,17H,1-3,5,8-11H2,(H2,24,25,26,29). The number of allylic oxidation sites excluding steroid dienone is 2. The Kier molecular flexibility index (Phi) is 4.45. The number of H-pyrrole nitrogens is 1. The number of fused-ring (bicyclic) bond motifs is 1. The highest BCUT2D eigenvalue weighted by atomic mass is 19.1. The summed E-state index contributed by atoms with van der Waals surface area (Å²) in [5, 5.41) is 3.27. The number of Topliss-reactive ketones (excluding diaryl/α,β-unsaturated/α-hetero) is 1. The molecule has 1 fully saturated rings. The number of hydrogen-bond donors (Lipinski definition) is 2. The molecule has 1 aromatic heterocycles. The van der Waals surface area contributed by atoms with Gasteiger partial charge in [-0.2, -0.15) is 4.98 Å². The largest absolute Gasteiger partial charge is 0.343 e. The van der Waals surface area contributed by atoms with Crippen molar-refractivity contribution in [2.24, 2.45) is 0 Å². The fourth-order valence-electron chi connectivity index (χ4n) is 4.72. The van der Waals surface area contributed by atoms with Crippen molar-refractivity contribution in [1.29, 1.82) is 0 Å². The van der Waals surface area contributed by atoms with Crippen LogP contribution in [0.4, 0.5) is 16.2 Å². The van der Waals surface area contributed by atoms with Gasteiger partial charge in [0.25, 0.3) is 5.56 Å². The van der Waals surface area contributed by atoms with Gasteiger partial charge in [0.1, 0.15) is 11.6 Å². The van der Waals surface area contributed by atoms with Crippen molar-refractivity contribution in [3.63, 3.8) is 0 Å². The van der Waals surface area contributed by atoms with Crippen molar-refractivity contribution < 1.29 is 9.18 Å². The Morgan fingerprint density at radius 3 is 2.69 bits per heavy atom. The van der Waals surface area contributed by atoms with Gasteiger partial charge in [-0.05, 0) is 49.8 Å². The molecule has 150 valence electrons. The van der Waals surface area contributed by atoms with E-state index in [2.05, 4.69) is 15.2 Å². The predicted octanol–water partition coefficient (Wildman–Crippen LogP) is 3.46. The molecule has 6 nitrogen and oxygen atoms in total. The predicted molar refractivity (Wildman–Crippen MR) is 109 cm³/mol. The van der Waals surface area contributed by atoms with E-state index in [1.807, 2.05) is 0 Å². The highest BCUT2D eigenvalue weighted by Gasteiger charge is 2.38. The van der Waals surface area contributed by atoms with E-state index in [1.54, 1.807) is 12.1 Å². The van der Waals surface area contributed by atoms with Crippen molar-refractivity contribution in [3.05, 3.63) is 62.8 Å². The third-order valence-electron chi connectivity index (χ3n) is 6.08. The molecule has 1 aromatic carbocycles. The lowest BCUT2D eigenvalue weighted by atomic mass is 9.76. The van der Waals surface area contributed by atoms with E-state index in [0.717, 1.165) is 44.5 Å². The molecule has 1 saturated heterocycles. The molecule has 0 amide bonds. The minimum Gasteiger partial charge on any atom is -0.343 e. The lowest BCUT2D eigenvalue weighted by molar-refractivity contribution is -0.116. The SMILES string of the molecule is O=C1CCCC2=C1C(c1cccc(F)c1)c1c(nc(N3CCCCC3)[nH]c1=O)N2. The summed E-state index contributed by atoms with van der Waals surface area (Å²) < 4.78 is 14.0. The van der Waals surface area contributed by atoms with Gasteiger partial charge in [0.2, 0.25) is 5.95 Å². The molecule has 0 bridgehead atoms. The quantitative estimate of drug-likeness (QED) is 0.816. The summed E-state index contributed by atoms with van der Waals surface area (Å²) in [6, 6.07) is 6.16. The molecule has 0 saturated carbocycles. The number of carbonyl (C=O) groups excluding carboxylic acids is 1. The van der Waals surface area contributed by atoms with Gasteiger partial charge >= 0.3 is 0 Å². The summed E-state index contributed by atoms with van der Waals surface area (Å²) in [6.07, 6.45) is 5.26. The van der Waals surface area contributed by atoms with Crippen LogP contribution in [0.5, 0.6) is 0 Å². The molecule has 2 aliphatic heterocycles. The van der Waals surface area contributed by atoms with Crippen LogP contribution in [0.3, 0.4) is 0 Å². The summed E-state index contributed by atoms with van der Waals surface area (Å²) in [6.45, 7) is 1.73. The number of hydrogen-bond acceptors (Lipinski definition) is 5. The first kappa shape index (κ1) is 18.1. The monoisotopic (exact) mass is 394 g/mol. The van der Waals surface area contributed by atoms with Crippen molar-refractivity contribution >= 4 is 17.5 Å². The lowest BCUT2D eigenvalue weighted by Gasteiger charge is -2.34. The van der Waals surface area contributed by atoms with E-state index in [4.69, 9.17) is 4.98 Å². The smallest absolute Gasteiger partial charge is 0.258 e. The maximum absolute atomic E-state index is 14.0. The van der Waals surface area contributed by atoms with Crippen LogP contribution in [0.15, 0.2) is 40.3 Å². The molecule has 2 N–H and O–H groups in total. The molecule has 0 spiro atoms. The molecule has 5 rings (SSSR count). The average molecular weight is 394 g/mol. The van der Waals surface area contributed by atoms with Crippen LogP contribution in [0.2, 0.25) is 0 Å².